The monoisotopic (exact) mass is 545 g/mol. The van der Waals surface area contributed by atoms with E-state index in [9.17, 15) is 4.79 Å². The first kappa shape index (κ1) is 25.4. The first-order valence-corrected chi connectivity index (χ1v) is 14.6. The molecule has 6 nitrogen and oxygen atoms in total. The van der Waals surface area contributed by atoms with Gasteiger partial charge in [-0.3, -0.25) is 4.79 Å². The van der Waals surface area contributed by atoms with Gasteiger partial charge in [-0.2, -0.15) is 0 Å². The highest BCUT2D eigenvalue weighted by Crippen LogP contribution is 2.39. The van der Waals surface area contributed by atoms with Gasteiger partial charge in [-0.15, -0.1) is 32.9 Å². The van der Waals surface area contributed by atoms with Crippen LogP contribution in [0.2, 0.25) is 0 Å². The fraction of sp³-hybridized carbons (Fsp3) is 0.214. The minimum Gasteiger partial charge on any atom is -0.305 e. The summed E-state index contributed by atoms with van der Waals surface area (Å²) in [5.74, 6) is 0.890. The van der Waals surface area contributed by atoms with Crippen molar-refractivity contribution in [3.05, 3.63) is 74.8 Å². The number of anilines is 1. The second-order valence-corrected chi connectivity index (χ2v) is 11.9. The predicted molar refractivity (Wildman–Crippen MR) is 156 cm³/mol. The lowest BCUT2D eigenvalue weighted by molar-refractivity contribution is -0.113. The van der Waals surface area contributed by atoms with Gasteiger partial charge < -0.3 is 9.88 Å². The molecule has 0 atom stereocenters. The van der Waals surface area contributed by atoms with Crippen LogP contribution in [0.5, 0.6) is 0 Å². The average Bonchev–Trinajstić information content (AvgIpc) is 3.59. The van der Waals surface area contributed by atoms with Crippen LogP contribution in [0.25, 0.3) is 33.8 Å². The van der Waals surface area contributed by atoms with Crippen LogP contribution in [0, 0.1) is 27.7 Å². The molecule has 0 aliphatic heterocycles. The molecule has 1 amide bonds. The quantitative estimate of drug-likeness (QED) is 0.217. The van der Waals surface area contributed by atoms with Gasteiger partial charge in [-0.25, -0.2) is 4.98 Å². The number of thioether (sulfide) groups is 1. The molecule has 0 unspecified atom stereocenters. The van der Waals surface area contributed by atoms with Gasteiger partial charge in [0.15, 0.2) is 16.1 Å². The van der Waals surface area contributed by atoms with Crippen molar-refractivity contribution >= 4 is 45.5 Å². The number of rotatable bonds is 7. The maximum Gasteiger partial charge on any atom is 0.236 e. The van der Waals surface area contributed by atoms with E-state index in [0.29, 0.717) is 10.3 Å². The fourth-order valence-corrected chi connectivity index (χ4v) is 6.33. The topological polar surface area (TPSA) is 72.7 Å². The number of carbonyl (C=O) groups is 1. The predicted octanol–water partition coefficient (Wildman–Crippen LogP) is 7.30. The highest BCUT2D eigenvalue weighted by molar-refractivity contribution is 7.99. The standard InChI is InChI=1S/C28H27N5OS3/c1-16-6-9-20(10-7-16)25-19(4)35-13-22(25)26-31-32-28(33(26)5)37-15-24(34)30-27-29-23(14-36-27)21-11-8-17(2)18(3)12-21/h6-14H,15H2,1-5H3,(H,29,30,34). The Bertz CT molecular complexity index is 1580. The Kier molecular flexibility index (Phi) is 7.28. The molecule has 0 radical (unpaired) electrons. The van der Waals surface area contributed by atoms with Crippen LogP contribution in [0.15, 0.2) is 58.4 Å². The molecular formula is C28H27N5OS3. The Balaban J connectivity index is 1.26. The van der Waals surface area contributed by atoms with E-state index in [-0.39, 0.29) is 11.7 Å². The normalized spacial score (nSPS) is 11.2. The first-order valence-electron chi connectivity index (χ1n) is 11.8. The minimum atomic E-state index is -0.123. The Morgan fingerprint density at radius 1 is 0.946 bits per heavy atom. The smallest absolute Gasteiger partial charge is 0.236 e. The van der Waals surface area contributed by atoms with Crippen molar-refractivity contribution in [2.45, 2.75) is 32.9 Å². The zero-order chi connectivity index (χ0) is 26.1. The second-order valence-electron chi connectivity index (χ2n) is 8.99. The van der Waals surface area contributed by atoms with Crippen molar-refractivity contribution in [1.82, 2.24) is 19.7 Å². The lowest BCUT2D eigenvalue weighted by atomic mass is 10.0. The van der Waals surface area contributed by atoms with Crippen molar-refractivity contribution < 1.29 is 4.79 Å². The van der Waals surface area contributed by atoms with Crippen LogP contribution in [0.4, 0.5) is 5.13 Å². The zero-order valence-electron chi connectivity index (χ0n) is 21.3. The number of thiophene rings is 1. The summed E-state index contributed by atoms with van der Waals surface area (Å²) in [5.41, 5.74) is 9.01. The Morgan fingerprint density at radius 2 is 1.70 bits per heavy atom. The Morgan fingerprint density at radius 3 is 2.46 bits per heavy atom. The van der Waals surface area contributed by atoms with E-state index in [1.54, 1.807) is 11.3 Å². The van der Waals surface area contributed by atoms with Gasteiger partial charge in [-0.05, 0) is 50.5 Å². The highest BCUT2D eigenvalue weighted by atomic mass is 32.2. The third-order valence-corrected chi connectivity index (χ3v) is 8.97. The molecule has 3 aromatic heterocycles. The third kappa shape index (κ3) is 5.39. The molecule has 188 valence electrons. The summed E-state index contributed by atoms with van der Waals surface area (Å²) in [6.07, 6.45) is 0. The van der Waals surface area contributed by atoms with Crippen molar-refractivity contribution in [2.75, 3.05) is 11.1 Å². The minimum absolute atomic E-state index is 0.123. The summed E-state index contributed by atoms with van der Waals surface area (Å²) in [6, 6.07) is 14.8. The lowest BCUT2D eigenvalue weighted by Gasteiger charge is -2.07. The number of nitrogens with one attached hydrogen (secondary N) is 1. The number of amides is 1. The van der Waals surface area contributed by atoms with Crippen molar-refractivity contribution in [3.63, 3.8) is 0 Å². The second kappa shape index (κ2) is 10.6. The molecule has 0 fully saturated rings. The number of aromatic nitrogens is 4. The van der Waals surface area contributed by atoms with Gasteiger partial charge in [-0.1, -0.05) is 53.7 Å². The van der Waals surface area contributed by atoms with Gasteiger partial charge in [0.1, 0.15) is 0 Å². The maximum absolute atomic E-state index is 12.7. The summed E-state index contributed by atoms with van der Waals surface area (Å²) in [7, 11) is 1.94. The Hall–Kier alpha value is -3.27. The molecule has 0 bridgehead atoms. The van der Waals surface area contributed by atoms with Gasteiger partial charge in [0.05, 0.1) is 11.4 Å². The Labute approximate surface area is 228 Å². The highest BCUT2D eigenvalue weighted by Gasteiger charge is 2.19. The zero-order valence-corrected chi connectivity index (χ0v) is 23.8. The molecule has 9 heteroatoms. The molecule has 37 heavy (non-hydrogen) atoms. The molecule has 3 heterocycles. The van der Waals surface area contributed by atoms with Gasteiger partial charge in [0, 0.05) is 39.4 Å². The van der Waals surface area contributed by atoms with E-state index < -0.39 is 0 Å². The van der Waals surface area contributed by atoms with Gasteiger partial charge in [0.2, 0.25) is 5.91 Å². The molecule has 5 rings (SSSR count). The van der Waals surface area contributed by atoms with E-state index in [2.05, 4.69) is 96.0 Å². The summed E-state index contributed by atoms with van der Waals surface area (Å²) in [5, 5.41) is 17.1. The summed E-state index contributed by atoms with van der Waals surface area (Å²) in [6.45, 7) is 8.40. The summed E-state index contributed by atoms with van der Waals surface area (Å²) >= 11 is 4.50. The SMILES string of the molecule is Cc1ccc(-c2c(-c3nnc(SCC(=O)Nc4nc(-c5ccc(C)c(C)c5)cs4)n3C)csc2C)cc1. The molecule has 0 saturated heterocycles. The van der Waals surface area contributed by atoms with Gasteiger partial charge in [0.25, 0.3) is 0 Å². The van der Waals surface area contributed by atoms with Crippen LogP contribution in [-0.2, 0) is 11.8 Å². The van der Waals surface area contributed by atoms with Crippen molar-refractivity contribution in [1.29, 1.82) is 0 Å². The van der Waals surface area contributed by atoms with Crippen LogP contribution >= 0.6 is 34.4 Å². The molecule has 2 aromatic carbocycles. The number of hydrogen-bond acceptors (Lipinski definition) is 7. The average molecular weight is 546 g/mol. The maximum atomic E-state index is 12.7. The largest absolute Gasteiger partial charge is 0.305 e. The van der Waals surface area contributed by atoms with Crippen molar-refractivity contribution in [2.24, 2.45) is 7.05 Å². The summed E-state index contributed by atoms with van der Waals surface area (Å²) in [4.78, 5) is 18.5. The van der Waals surface area contributed by atoms with Crippen LogP contribution < -0.4 is 5.32 Å². The van der Waals surface area contributed by atoms with Gasteiger partial charge >= 0.3 is 0 Å². The first-order chi connectivity index (χ1) is 17.8. The van der Waals surface area contributed by atoms with Crippen LogP contribution in [-0.4, -0.2) is 31.4 Å². The number of carbonyl (C=O) groups excluding carboxylic acids is 1. The van der Waals surface area contributed by atoms with E-state index in [1.807, 2.05) is 17.0 Å². The molecule has 0 spiro atoms. The van der Waals surface area contributed by atoms with E-state index >= 15 is 0 Å². The third-order valence-electron chi connectivity index (χ3n) is 6.28. The van der Waals surface area contributed by atoms with Crippen LogP contribution in [0.3, 0.4) is 0 Å². The molecule has 1 N–H and O–H groups in total. The number of aryl methyl sites for hydroxylation is 4. The van der Waals surface area contributed by atoms with E-state index in [1.165, 1.54) is 55.8 Å². The molecule has 5 aromatic rings. The molecule has 0 aliphatic carbocycles. The number of nitrogens with zero attached hydrogens (tertiary/aromatic N) is 4. The van der Waals surface area contributed by atoms with Crippen molar-refractivity contribution in [3.8, 4) is 33.8 Å². The molecular weight excluding hydrogens is 519 g/mol. The summed E-state index contributed by atoms with van der Waals surface area (Å²) < 4.78 is 1.96. The van der Waals surface area contributed by atoms with E-state index in [0.717, 1.165) is 22.6 Å². The lowest BCUT2D eigenvalue weighted by Crippen LogP contribution is -2.14. The number of thiazole rings is 1. The number of hydrogen-bond donors (Lipinski definition) is 1. The molecule has 0 saturated carbocycles. The van der Waals surface area contributed by atoms with Crippen LogP contribution in [0.1, 0.15) is 21.6 Å². The molecule has 0 aliphatic rings. The fourth-order valence-electron chi connectivity index (χ4n) is 4.02. The van der Waals surface area contributed by atoms with E-state index in [4.69, 9.17) is 0 Å². The number of benzene rings is 2.